The molecule has 0 aliphatic rings. The molecule has 0 spiro atoms. The van der Waals surface area contributed by atoms with Gasteiger partial charge in [0, 0.05) is 9.82 Å². The van der Waals surface area contributed by atoms with Crippen LogP contribution in [0.4, 0.5) is 0 Å². The minimum atomic E-state index is -1.44. The van der Waals surface area contributed by atoms with Crippen LogP contribution in [0.3, 0.4) is 0 Å². The average molecular weight is 192 g/mol. The minimum Gasteiger partial charge on any atom is -0.0622 e. The maximum atomic E-state index is 8.22. The Hall–Kier alpha value is -1.73. The molecule has 1 rings (SSSR count). The average Bonchev–Trinajstić information content (AvgIpc) is 2.19. The third-order valence-electron chi connectivity index (χ3n) is 1.24. The summed E-state index contributed by atoms with van der Waals surface area (Å²) in [4.78, 5) is 12.1. The van der Waals surface area contributed by atoms with E-state index >= 15 is 0 Å². The summed E-state index contributed by atoms with van der Waals surface area (Å²) in [6, 6.07) is 8.95. The van der Waals surface area contributed by atoms with E-state index in [1.165, 1.54) is 0 Å². The van der Waals surface area contributed by atoms with Gasteiger partial charge in [-0.3, -0.25) is 0 Å². The van der Waals surface area contributed by atoms with Crippen molar-refractivity contribution in [2.45, 2.75) is 0 Å². The Morgan fingerprint density at radius 2 is 1.54 bits per heavy atom. The molecule has 7 heteroatoms. The quantitative estimate of drug-likeness (QED) is 0.304. The van der Waals surface area contributed by atoms with Gasteiger partial charge >= 0.3 is 0 Å². The first-order chi connectivity index (χ1) is 6.38. The molecule has 0 unspecified atom stereocenters. The molecule has 0 aliphatic heterocycles. The van der Waals surface area contributed by atoms with Gasteiger partial charge in [0.1, 0.15) is 8.22 Å². The van der Waals surface area contributed by atoms with E-state index in [9.17, 15) is 0 Å². The normalized spacial score (nSPS) is 10.8. The van der Waals surface area contributed by atoms with Gasteiger partial charge in [-0.2, -0.15) is 0 Å². The van der Waals surface area contributed by atoms with E-state index in [1.54, 1.807) is 24.3 Å². The van der Waals surface area contributed by atoms with Crippen molar-refractivity contribution >= 4 is 13.5 Å². The third-order valence-corrected chi connectivity index (χ3v) is 2.50. The lowest BCUT2D eigenvalue weighted by Crippen LogP contribution is -1.94. The molecule has 0 aromatic heterocycles. The summed E-state index contributed by atoms with van der Waals surface area (Å²) >= 11 is 0. The molecule has 0 atom stereocenters. The molecule has 0 heterocycles. The zero-order valence-corrected chi connectivity index (χ0v) is 7.41. The van der Waals surface area contributed by atoms with Gasteiger partial charge in [0.05, 0.1) is 0 Å². The number of azide groups is 1. The predicted octanol–water partition coefficient (Wildman–Crippen LogP) is 3.24. The van der Waals surface area contributed by atoms with Gasteiger partial charge in [-0.25, -0.2) is 0 Å². The molecule has 13 heavy (non-hydrogen) atoms. The van der Waals surface area contributed by atoms with Crippen LogP contribution in [-0.2, 0) is 0 Å². The first kappa shape index (κ1) is 9.36. The van der Waals surface area contributed by atoms with Gasteiger partial charge in [0.25, 0.3) is 0 Å². The first-order valence-electron chi connectivity index (χ1n) is 3.33. The second-order valence-electron chi connectivity index (χ2n) is 1.98. The molecule has 0 N–H and O–H groups in total. The van der Waals surface area contributed by atoms with E-state index < -0.39 is 8.22 Å². The lowest BCUT2D eigenvalue weighted by Gasteiger charge is -2.01. The summed E-state index contributed by atoms with van der Waals surface area (Å²) in [6.07, 6.45) is 0. The van der Waals surface area contributed by atoms with E-state index in [4.69, 9.17) is 11.1 Å². The summed E-state index contributed by atoms with van der Waals surface area (Å²) < 4.78 is 0. The molecule has 0 radical (unpaired) electrons. The molecule has 0 aliphatic carbocycles. The first-order valence-corrected chi connectivity index (χ1v) is 4.58. The SMILES string of the molecule is [N-]=[N+]=NP(N=[N+]=[N-])c1ccccc1. The standard InChI is InChI=1S/C6H5N6P/c7-9-11-13(12-10-8)6-4-2-1-3-5-6/h1-5H. The highest BCUT2D eigenvalue weighted by Gasteiger charge is 2.04. The summed E-state index contributed by atoms with van der Waals surface area (Å²) in [5.74, 6) is 0. The zero-order chi connectivity index (χ0) is 9.52. The van der Waals surface area contributed by atoms with E-state index in [0.717, 1.165) is 5.30 Å². The van der Waals surface area contributed by atoms with Crippen LogP contribution in [0.15, 0.2) is 40.1 Å². The molecule has 0 saturated carbocycles. The second kappa shape index (κ2) is 5.01. The highest BCUT2D eigenvalue weighted by molar-refractivity contribution is 7.62. The Morgan fingerprint density at radius 1 is 1.00 bits per heavy atom. The zero-order valence-electron chi connectivity index (χ0n) is 6.52. The molecule has 0 saturated heterocycles. The third kappa shape index (κ3) is 2.65. The minimum absolute atomic E-state index is 0.744. The fourth-order valence-corrected chi connectivity index (χ4v) is 1.59. The number of hydrogen-bond acceptors (Lipinski definition) is 2. The van der Waals surface area contributed by atoms with Gasteiger partial charge in [-0.05, 0) is 16.4 Å². The molecule has 1 aromatic carbocycles. The van der Waals surface area contributed by atoms with E-state index in [0.29, 0.717) is 0 Å². The predicted molar refractivity (Wildman–Crippen MR) is 51.3 cm³/mol. The Balaban J connectivity index is 3.01. The highest BCUT2D eigenvalue weighted by Crippen LogP contribution is 2.37. The van der Waals surface area contributed by atoms with Crippen LogP contribution in [0.5, 0.6) is 0 Å². The Bertz CT molecular complexity index is 346. The van der Waals surface area contributed by atoms with Crippen LogP contribution >= 0.6 is 8.22 Å². The molecule has 0 amide bonds. The van der Waals surface area contributed by atoms with Gasteiger partial charge in [0.15, 0.2) is 0 Å². The van der Waals surface area contributed by atoms with Crippen molar-refractivity contribution in [3.63, 3.8) is 0 Å². The van der Waals surface area contributed by atoms with Crippen LogP contribution in [0.2, 0.25) is 0 Å². The molecule has 1 aromatic rings. The van der Waals surface area contributed by atoms with Crippen LogP contribution in [0, 0.1) is 0 Å². The number of nitrogens with zero attached hydrogens (tertiary/aromatic N) is 6. The summed E-state index contributed by atoms with van der Waals surface area (Å²) in [6.45, 7) is 0. The maximum Gasteiger partial charge on any atom is 0.110 e. The highest BCUT2D eigenvalue weighted by atomic mass is 31.1. The molecular formula is C6H5N6P. The van der Waals surface area contributed by atoms with Gasteiger partial charge in [-0.15, -0.1) is 0 Å². The van der Waals surface area contributed by atoms with Crippen molar-refractivity contribution in [3.05, 3.63) is 51.2 Å². The van der Waals surface area contributed by atoms with Crippen LogP contribution in [0.25, 0.3) is 20.9 Å². The van der Waals surface area contributed by atoms with Crippen LogP contribution in [0.1, 0.15) is 0 Å². The fraction of sp³-hybridized carbons (Fsp3) is 0. The van der Waals surface area contributed by atoms with Crippen molar-refractivity contribution in [1.29, 1.82) is 0 Å². The van der Waals surface area contributed by atoms with Gasteiger partial charge in [-0.1, -0.05) is 40.1 Å². The summed E-state index contributed by atoms with van der Waals surface area (Å²) in [5.41, 5.74) is 16.4. The maximum absolute atomic E-state index is 8.22. The van der Waals surface area contributed by atoms with E-state index in [-0.39, 0.29) is 0 Å². The number of hydrogen-bond donors (Lipinski definition) is 0. The number of benzene rings is 1. The summed E-state index contributed by atoms with van der Waals surface area (Å²) in [5, 5.41) is 0.744. The van der Waals surface area contributed by atoms with Gasteiger partial charge < -0.3 is 0 Å². The van der Waals surface area contributed by atoms with Crippen molar-refractivity contribution in [1.82, 2.24) is 0 Å². The van der Waals surface area contributed by atoms with Crippen LogP contribution in [-0.4, -0.2) is 0 Å². The van der Waals surface area contributed by atoms with Gasteiger partial charge in [0.2, 0.25) is 0 Å². The van der Waals surface area contributed by atoms with Crippen molar-refractivity contribution in [2.75, 3.05) is 0 Å². The second-order valence-corrected chi connectivity index (χ2v) is 3.44. The lowest BCUT2D eigenvalue weighted by atomic mass is 10.4. The molecule has 0 bridgehead atoms. The molecular weight excluding hydrogens is 187 g/mol. The topological polar surface area (TPSA) is 97.5 Å². The Morgan fingerprint density at radius 3 is 2.00 bits per heavy atom. The van der Waals surface area contributed by atoms with Crippen molar-refractivity contribution in [3.8, 4) is 0 Å². The molecule has 0 fully saturated rings. The molecule has 64 valence electrons. The fourth-order valence-electron chi connectivity index (χ4n) is 0.758. The summed E-state index contributed by atoms with van der Waals surface area (Å²) in [7, 11) is -1.44. The van der Waals surface area contributed by atoms with Crippen molar-refractivity contribution < 1.29 is 0 Å². The Labute approximate surface area is 75.3 Å². The monoisotopic (exact) mass is 192 g/mol. The van der Waals surface area contributed by atoms with Crippen molar-refractivity contribution in [2.24, 2.45) is 9.77 Å². The van der Waals surface area contributed by atoms with E-state index in [1.807, 2.05) is 6.07 Å². The largest absolute Gasteiger partial charge is 0.110 e. The van der Waals surface area contributed by atoms with E-state index in [2.05, 4.69) is 19.6 Å². The Kier molecular flexibility index (Phi) is 3.61. The van der Waals surface area contributed by atoms with Crippen LogP contribution < -0.4 is 5.30 Å². The lowest BCUT2D eigenvalue weighted by molar-refractivity contribution is 1.63. The smallest absolute Gasteiger partial charge is 0.0622 e. The number of rotatable bonds is 3. The molecule has 6 nitrogen and oxygen atoms in total.